The zero-order valence-corrected chi connectivity index (χ0v) is 14.2. The van der Waals surface area contributed by atoms with Crippen molar-refractivity contribution in [3.63, 3.8) is 0 Å². The zero-order valence-electron chi connectivity index (χ0n) is 11.0. The number of rotatable bonds is 6. The Labute approximate surface area is 135 Å². The van der Waals surface area contributed by atoms with Crippen LogP contribution < -0.4 is 10.5 Å². The molecule has 0 bridgehead atoms. The number of benzene rings is 1. The maximum absolute atomic E-state index is 14.1. The van der Waals surface area contributed by atoms with Crippen molar-refractivity contribution >= 4 is 43.2 Å². The lowest BCUT2D eigenvalue weighted by Crippen LogP contribution is -2.53. The first-order chi connectivity index (χ1) is 9.64. The Hall–Kier alpha value is -0.450. The zero-order chi connectivity index (χ0) is 16.4. The second kappa shape index (κ2) is 6.76. The van der Waals surface area contributed by atoms with Crippen molar-refractivity contribution in [2.24, 2.45) is 0 Å². The van der Waals surface area contributed by atoms with Crippen molar-refractivity contribution in [3.8, 4) is 0 Å². The summed E-state index contributed by atoms with van der Waals surface area (Å²) >= 11 is 8.73. The van der Waals surface area contributed by atoms with E-state index < -0.39 is 45.2 Å². The molecule has 0 aliphatic carbocycles. The molecule has 0 radical (unpaired) electrons. The Morgan fingerprint density at radius 1 is 1.48 bits per heavy atom. The van der Waals surface area contributed by atoms with E-state index in [0.717, 1.165) is 6.07 Å². The Morgan fingerprint density at radius 3 is 2.43 bits per heavy atom. The van der Waals surface area contributed by atoms with Gasteiger partial charge in [-0.2, -0.15) is 0 Å². The number of nitrogens with two attached hydrogens (primary N) is 1. The minimum atomic E-state index is -4.38. The third-order valence-corrected chi connectivity index (χ3v) is 6.04. The molecule has 21 heavy (non-hydrogen) atoms. The van der Waals surface area contributed by atoms with E-state index in [1.165, 1.54) is 0 Å². The van der Waals surface area contributed by atoms with Crippen LogP contribution in [-0.4, -0.2) is 37.4 Å². The van der Waals surface area contributed by atoms with Crippen LogP contribution >= 0.6 is 27.5 Å². The van der Waals surface area contributed by atoms with Gasteiger partial charge >= 0.3 is 0 Å². The molecule has 0 saturated carbocycles. The molecule has 1 aromatic carbocycles. The summed E-state index contributed by atoms with van der Waals surface area (Å²) in [4.78, 5) is -0.757. The van der Waals surface area contributed by atoms with Gasteiger partial charge in [0, 0.05) is 0 Å². The van der Waals surface area contributed by atoms with Gasteiger partial charge in [-0.25, -0.2) is 17.5 Å². The Bertz CT molecular complexity index is 629. The fourth-order valence-corrected chi connectivity index (χ4v) is 3.68. The molecule has 0 atom stereocenters. The minimum Gasteiger partial charge on any atom is -0.395 e. The molecule has 0 aromatic heterocycles. The van der Waals surface area contributed by atoms with Crippen LogP contribution in [0.1, 0.15) is 13.3 Å². The van der Waals surface area contributed by atoms with E-state index in [0.29, 0.717) is 0 Å². The molecule has 0 spiro atoms. The Balaban J connectivity index is 3.39. The predicted octanol–water partition coefficient (Wildman–Crippen LogP) is 1.24. The average molecular weight is 406 g/mol. The lowest BCUT2D eigenvalue weighted by atomic mass is 10.0. The van der Waals surface area contributed by atoms with Gasteiger partial charge in [-0.15, -0.1) is 0 Å². The van der Waals surface area contributed by atoms with Crippen molar-refractivity contribution < 1.29 is 23.0 Å². The summed E-state index contributed by atoms with van der Waals surface area (Å²) in [7, 11) is -4.38. The van der Waals surface area contributed by atoms with E-state index in [4.69, 9.17) is 17.3 Å². The van der Waals surface area contributed by atoms with Gasteiger partial charge in [-0.1, -0.05) is 18.5 Å². The van der Waals surface area contributed by atoms with Crippen molar-refractivity contribution in [2.75, 3.05) is 18.9 Å². The van der Waals surface area contributed by atoms with Gasteiger partial charge in [0.15, 0.2) is 5.82 Å². The van der Waals surface area contributed by atoms with Crippen LogP contribution in [0.3, 0.4) is 0 Å². The van der Waals surface area contributed by atoms with E-state index in [1.807, 2.05) is 0 Å². The van der Waals surface area contributed by atoms with Crippen molar-refractivity contribution in [1.82, 2.24) is 4.72 Å². The van der Waals surface area contributed by atoms with E-state index in [-0.39, 0.29) is 15.9 Å². The third kappa shape index (κ3) is 3.66. The maximum Gasteiger partial charge on any atom is 0.244 e. The molecule has 0 aliphatic rings. The predicted molar refractivity (Wildman–Crippen MR) is 81.0 cm³/mol. The molecule has 1 aromatic rings. The molecule has 0 saturated heterocycles. The SMILES string of the molecule is CCC(CO)(CO)NS(=O)(=O)c1cc(Cl)c(Br)c(N)c1F. The number of hydrogen-bond acceptors (Lipinski definition) is 5. The molecule has 0 unspecified atom stereocenters. The maximum atomic E-state index is 14.1. The first-order valence-corrected chi connectivity index (χ1v) is 8.48. The molecule has 1 rings (SSSR count). The van der Waals surface area contributed by atoms with Crippen LogP contribution in [-0.2, 0) is 10.0 Å². The molecule has 5 N–H and O–H groups in total. The summed E-state index contributed by atoms with van der Waals surface area (Å²) in [6, 6.07) is 0.898. The molecule has 0 aliphatic heterocycles. The number of aliphatic hydroxyl groups is 2. The molecule has 10 heteroatoms. The van der Waals surface area contributed by atoms with Crippen LogP contribution in [0.15, 0.2) is 15.4 Å². The second-order valence-corrected chi connectivity index (χ2v) is 7.30. The number of hydrogen-bond donors (Lipinski definition) is 4. The lowest BCUT2D eigenvalue weighted by molar-refractivity contribution is 0.105. The summed E-state index contributed by atoms with van der Waals surface area (Å²) in [6.45, 7) is 0.259. The summed E-state index contributed by atoms with van der Waals surface area (Å²) in [6.07, 6.45) is 0.0978. The van der Waals surface area contributed by atoms with Crippen molar-refractivity contribution in [1.29, 1.82) is 0 Å². The number of anilines is 1. The molecule has 6 nitrogen and oxygen atoms in total. The number of sulfonamides is 1. The normalized spacial score (nSPS) is 12.7. The highest BCUT2D eigenvalue weighted by atomic mass is 79.9. The summed E-state index contributed by atoms with van der Waals surface area (Å²) in [5.74, 6) is -1.17. The monoisotopic (exact) mass is 404 g/mol. The van der Waals surface area contributed by atoms with E-state index in [1.54, 1.807) is 6.92 Å². The standard InChI is InChI=1S/C11H15BrClFN2O4S/c1-2-11(4-17,5-18)16-21(19,20)7-3-6(13)8(12)10(15)9(7)14/h3,16-18H,2,4-5,15H2,1H3. The summed E-state index contributed by atoms with van der Waals surface area (Å²) < 4.78 is 40.7. The lowest BCUT2D eigenvalue weighted by Gasteiger charge is -2.29. The quantitative estimate of drug-likeness (QED) is 0.420. The van der Waals surface area contributed by atoms with Gasteiger partial charge < -0.3 is 15.9 Å². The number of aliphatic hydroxyl groups excluding tert-OH is 2. The highest BCUT2D eigenvalue weighted by Gasteiger charge is 2.35. The van der Waals surface area contributed by atoms with E-state index in [9.17, 15) is 23.0 Å². The molecule has 0 heterocycles. The van der Waals surface area contributed by atoms with Crippen molar-refractivity contribution in [3.05, 3.63) is 21.4 Å². The fraction of sp³-hybridized carbons (Fsp3) is 0.455. The van der Waals surface area contributed by atoms with Gasteiger partial charge in [0.05, 0.1) is 33.9 Å². The molecule has 0 fully saturated rings. The highest BCUT2D eigenvalue weighted by molar-refractivity contribution is 9.10. The smallest absolute Gasteiger partial charge is 0.244 e. The van der Waals surface area contributed by atoms with Crippen LogP contribution in [0.5, 0.6) is 0 Å². The Morgan fingerprint density at radius 2 is 2.00 bits per heavy atom. The van der Waals surface area contributed by atoms with Crippen LogP contribution in [0.4, 0.5) is 10.1 Å². The summed E-state index contributed by atoms with van der Waals surface area (Å²) in [5.41, 5.74) is 3.50. The van der Waals surface area contributed by atoms with E-state index in [2.05, 4.69) is 20.7 Å². The van der Waals surface area contributed by atoms with E-state index >= 15 is 0 Å². The van der Waals surface area contributed by atoms with Crippen LogP contribution in [0, 0.1) is 5.82 Å². The topological polar surface area (TPSA) is 113 Å². The first-order valence-electron chi connectivity index (χ1n) is 5.82. The van der Waals surface area contributed by atoms with Gasteiger partial charge in [-0.05, 0) is 28.4 Å². The molecule has 0 amide bonds. The van der Waals surface area contributed by atoms with Crippen LogP contribution in [0.25, 0.3) is 0 Å². The minimum absolute atomic E-state index is 0.0479. The largest absolute Gasteiger partial charge is 0.395 e. The van der Waals surface area contributed by atoms with Gasteiger partial charge in [0.1, 0.15) is 4.90 Å². The van der Waals surface area contributed by atoms with Gasteiger partial charge in [0.2, 0.25) is 10.0 Å². The van der Waals surface area contributed by atoms with Gasteiger partial charge in [0.25, 0.3) is 0 Å². The van der Waals surface area contributed by atoms with Crippen LogP contribution in [0.2, 0.25) is 5.02 Å². The Kier molecular flexibility index (Phi) is 5.99. The average Bonchev–Trinajstić information content (AvgIpc) is 2.46. The van der Waals surface area contributed by atoms with Gasteiger partial charge in [-0.3, -0.25) is 0 Å². The fourth-order valence-electron chi connectivity index (χ4n) is 1.55. The summed E-state index contributed by atoms with van der Waals surface area (Å²) in [5, 5.41) is 18.5. The first kappa shape index (κ1) is 18.6. The molecular formula is C11H15BrClFN2O4S. The number of nitrogen functional groups attached to an aromatic ring is 1. The molecular weight excluding hydrogens is 391 g/mol. The number of halogens is 3. The third-order valence-electron chi connectivity index (χ3n) is 3.08. The van der Waals surface area contributed by atoms with Crippen molar-refractivity contribution in [2.45, 2.75) is 23.8 Å². The highest BCUT2D eigenvalue weighted by Crippen LogP contribution is 2.35. The molecule has 120 valence electrons. The number of nitrogens with one attached hydrogen (secondary N) is 1. The second-order valence-electron chi connectivity index (χ2n) is 4.45.